The molecule has 0 spiro atoms. The number of nitrogens with zero attached hydrogens (tertiary/aromatic N) is 1. The van der Waals surface area contributed by atoms with Crippen molar-refractivity contribution in [3.05, 3.63) is 29.3 Å². The summed E-state index contributed by atoms with van der Waals surface area (Å²) in [5.41, 5.74) is 0.547. The van der Waals surface area contributed by atoms with Gasteiger partial charge in [0, 0.05) is 5.56 Å². The number of hydrogen-bond donors (Lipinski definition) is 0. The molecule has 0 saturated carbocycles. The minimum absolute atomic E-state index is 0.158. The van der Waals surface area contributed by atoms with E-state index in [1.807, 2.05) is 26.0 Å². The van der Waals surface area contributed by atoms with Crippen molar-refractivity contribution in [1.82, 2.24) is 0 Å². The average molecular weight is 245 g/mol. The van der Waals surface area contributed by atoms with Crippen LogP contribution in [0.25, 0.3) is 0 Å². The minimum Gasteiger partial charge on any atom is -0.496 e. The third-order valence-corrected chi connectivity index (χ3v) is 2.96. The van der Waals surface area contributed by atoms with E-state index in [1.165, 1.54) is 0 Å². The van der Waals surface area contributed by atoms with E-state index in [-0.39, 0.29) is 11.7 Å². The number of nitriles is 1. The van der Waals surface area contributed by atoms with Gasteiger partial charge in [-0.25, -0.2) is 0 Å². The Labute approximate surface area is 108 Å². The van der Waals surface area contributed by atoms with Crippen molar-refractivity contribution in [3.8, 4) is 11.8 Å². The van der Waals surface area contributed by atoms with E-state index >= 15 is 0 Å². The van der Waals surface area contributed by atoms with Gasteiger partial charge in [-0.15, -0.1) is 0 Å². The third kappa shape index (κ3) is 2.70. The molecular weight excluding hydrogens is 226 g/mol. The highest BCUT2D eigenvalue weighted by Gasteiger charge is 2.29. The van der Waals surface area contributed by atoms with Gasteiger partial charge in [0.2, 0.25) is 0 Å². The Hall–Kier alpha value is -1.82. The van der Waals surface area contributed by atoms with Crippen molar-refractivity contribution in [2.75, 3.05) is 7.11 Å². The highest BCUT2D eigenvalue weighted by atomic mass is 16.5. The fraction of sp³-hybridized carbons (Fsp3) is 0.467. The SMILES string of the molecule is COc1ccc(C(=O)C(C)(C)C#N)cc1C(C)C. The summed E-state index contributed by atoms with van der Waals surface area (Å²) < 4.78 is 5.28. The quantitative estimate of drug-likeness (QED) is 0.762. The molecule has 0 aliphatic carbocycles. The predicted octanol–water partition coefficient (Wildman–Crippen LogP) is 3.55. The molecule has 96 valence electrons. The van der Waals surface area contributed by atoms with E-state index < -0.39 is 5.41 Å². The van der Waals surface area contributed by atoms with E-state index in [2.05, 4.69) is 0 Å². The summed E-state index contributed by atoms with van der Waals surface area (Å²) in [5, 5.41) is 9.01. The largest absolute Gasteiger partial charge is 0.496 e. The number of ether oxygens (including phenoxy) is 1. The van der Waals surface area contributed by atoms with E-state index in [1.54, 1.807) is 33.1 Å². The molecule has 3 heteroatoms. The molecule has 0 atom stereocenters. The summed E-state index contributed by atoms with van der Waals surface area (Å²) in [6.07, 6.45) is 0. The Morgan fingerprint density at radius 1 is 1.39 bits per heavy atom. The number of carbonyl (C=O) groups is 1. The average Bonchev–Trinajstić information content (AvgIpc) is 2.36. The van der Waals surface area contributed by atoms with Crippen molar-refractivity contribution in [2.24, 2.45) is 5.41 Å². The van der Waals surface area contributed by atoms with Crippen molar-refractivity contribution in [1.29, 1.82) is 5.26 Å². The van der Waals surface area contributed by atoms with Gasteiger partial charge in [0.15, 0.2) is 5.78 Å². The summed E-state index contributed by atoms with van der Waals surface area (Å²) in [6.45, 7) is 7.35. The molecule has 1 aromatic carbocycles. The number of rotatable bonds is 4. The first-order chi connectivity index (χ1) is 8.33. The van der Waals surface area contributed by atoms with Gasteiger partial charge in [0.1, 0.15) is 11.2 Å². The van der Waals surface area contributed by atoms with Crippen LogP contribution in [0, 0.1) is 16.7 Å². The lowest BCUT2D eigenvalue weighted by Gasteiger charge is -2.17. The Morgan fingerprint density at radius 2 is 2.00 bits per heavy atom. The van der Waals surface area contributed by atoms with Gasteiger partial charge in [-0.1, -0.05) is 13.8 Å². The van der Waals surface area contributed by atoms with Crippen LogP contribution in [-0.4, -0.2) is 12.9 Å². The van der Waals surface area contributed by atoms with Crippen LogP contribution in [0.3, 0.4) is 0 Å². The van der Waals surface area contributed by atoms with Gasteiger partial charge in [-0.05, 0) is 43.5 Å². The zero-order chi connectivity index (χ0) is 13.9. The second-order valence-corrected chi connectivity index (χ2v) is 5.18. The molecule has 0 amide bonds. The van der Waals surface area contributed by atoms with Crippen molar-refractivity contribution in [2.45, 2.75) is 33.6 Å². The van der Waals surface area contributed by atoms with Gasteiger partial charge in [0.25, 0.3) is 0 Å². The first-order valence-corrected chi connectivity index (χ1v) is 5.97. The first-order valence-electron chi connectivity index (χ1n) is 5.97. The lowest BCUT2D eigenvalue weighted by atomic mass is 9.84. The summed E-state index contributed by atoms with van der Waals surface area (Å²) >= 11 is 0. The summed E-state index contributed by atoms with van der Waals surface area (Å²) in [7, 11) is 1.61. The fourth-order valence-corrected chi connectivity index (χ4v) is 1.74. The molecule has 3 nitrogen and oxygen atoms in total. The molecular formula is C15H19NO2. The number of methoxy groups -OCH3 is 1. The maximum atomic E-state index is 12.2. The Bertz CT molecular complexity index is 496. The van der Waals surface area contributed by atoms with Crippen LogP contribution in [0.2, 0.25) is 0 Å². The molecule has 0 saturated heterocycles. The lowest BCUT2D eigenvalue weighted by Crippen LogP contribution is -2.22. The Balaban J connectivity index is 3.26. The highest BCUT2D eigenvalue weighted by Crippen LogP contribution is 2.30. The molecule has 1 rings (SSSR count). The molecule has 0 aliphatic heterocycles. The van der Waals surface area contributed by atoms with E-state index in [0.29, 0.717) is 5.56 Å². The number of benzene rings is 1. The predicted molar refractivity (Wildman–Crippen MR) is 70.8 cm³/mol. The van der Waals surface area contributed by atoms with Crippen molar-refractivity contribution < 1.29 is 9.53 Å². The molecule has 1 aromatic rings. The molecule has 0 N–H and O–H groups in total. The molecule has 0 radical (unpaired) electrons. The number of Topliss-reactive ketones (excluding diaryl/α,β-unsaturated/α-hetero) is 1. The molecule has 0 aromatic heterocycles. The van der Waals surface area contributed by atoms with Gasteiger partial charge in [-0.2, -0.15) is 5.26 Å². The normalized spacial score (nSPS) is 11.2. The van der Waals surface area contributed by atoms with E-state index in [0.717, 1.165) is 11.3 Å². The zero-order valence-electron chi connectivity index (χ0n) is 11.6. The van der Waals surface area contributed by atoms with Gasteiger partial charge in [-0.3, -0.25) is 4.79 Å². The van der Waals surface area contributed by atoms with E-state index in [9.17, 15) is 4.79 Å². The molecule has 18 heavy (non-hydrogen) atoms. The van der Waals surface area contributed by atoms with Crippen LogP contribution in [0.5, 0.6) is 5.75 Å². The number of ketones is 1. The van der Waals surface area contributed by atoms with Gasteiger partial charge in [0.05, 0.1) is 13.2 Å². The van der Waals surface area contributed by atoms with Gasteiger partial charge < -0.3 is 4.74 Å². The molecule has 0 fully saturated rings. The van der Waals surface area contributed by atoms with Crippen LogP contribution >= 0.6 is 0 Å². The van der Waals surface area contributed by atoms with Crippen LogP contribution in [0.15, 0.2) is 18.2 Å². The second-order valence-electron chi connectivity index (χ2n) is 5.18. The fourth-order valence-electron chi connectivity index (χ4n) is 1.74. The number of carbonyl (C=O) groups excluding carboxylic acids is 1. The molecule has 0 unspecified atom stereocenters. The van der Waals surface area contributed by atoms with E-state index in [4.69, 9.17) is 10.00 Å². The van der Waals surface area contributed by atoms with Crippen LogP contribution < -0.4 is 4.74 Å². The standard InChI is InChI=1S/C15H19NO2/c1-10(2)12-8-11(6-7-13(12)18-5)14(17)15(3,4)9-16/h6-8,10H,1-5H3. The Kier molecular flexibility index (Phi) is 4.13. The summed E-state index contributed by atoms with van der Waals surface area (Å²) in [4.78, 5) is 12.2. The third-order valence-electron chi connectivity index (χ3n) is 2.96. The maximum absolute atomic E-state index is 12.2. The van der Waals surface area contributed by atoms with Crippen LogP contribution in [0.4, 0.5) is 0 Å². The van der Waals surface area contributed by atoms with Crippen LogP contribution in [0.1, 0.15) is 49.5 Å². The van der Waals surface area contributed by atoms with Crippen LogP contribution in [-0.2, 0) is 0 Å². The summed E-state index contributed by atoms with van der Waals surface area (Å²) in [6, 6.07) is 7.36. The highest BCUT2D eigenvalue weighted by molar-refractivity contribution is 6.02. The molecule has 0 aliphatic rings. The lowest BCUT2D eigenvalue weighted by molar-refractivity contribution is 0.0891. The van der Waals surface area contributed by atoms with Crippen molar-refractivity contribution >= 4 is 5.78 Å². The Morgan fingerprint density at radius 3 is 2.44 bits per heavy atom. The molecule has 0 heterocycles. The smallest absolute Gasteiger partial charge is 0.182 e. The van der Waals surface area contributed by atoms with Gasteiger partial charge >= 0.3 is 0 Å². The zero-order valence-corrected chi connectivity index (χ0v) is 11.6. The van der Waals surface area contributed by atoms with Crippen molar-refractivity contribution in [3.63, 3.8) is 0 Å². The number of hydrogen-bond acceptors (Lipinski definition) is 3. The monoisotopic (exact) mass is 245 g/mol. The summed E-state index contributed by atoms with van der Waals surface area (Å²) in [5.74, 6) is 0.878. The maximum Gasteiger partial charge on any atom is 0.182 e. The minimum atomic E-state index is -0.997. The molecule has 0 bridgehead atoms. The first kappa shape index (κ1) is 14.2. The second kappa shape index (κ2) is 5.22. The topological polar surface area (TPSA) is 50.1 Å².